The zero-order chi connectivity index (χ0) is 14.1. The van der Waals surface area contributed by atoms with Gasteiger partial charge in [-0.1, -0.05) is 11.6 Å². The van der Waals surface area contributed by atoms with Crippen LogP contribution in [-0.4, -0.2) is 44.7 Å². The third kappa shape index (κ3) is 5.90. The first-order chi connectivity index (χ1) is 9.17. The molecule has 5 nitrogen and oxygen atoms in total. The van der Waals surface area contributed by atoms with Crippen molar-refractivity contribution in [3.05, 3.63) is 28.8 Å². The molecule has 19 heavy (non-hydrogen) atoms. The number of anilines is 1. The average Bonchev–Trinajstić information content (AvgIpc) is 2.42. The summed E-state index contributed by atoms with van der Waals surface area (Å²) in [5, 5.41) is 21.8. The fraction of sp³-hybridized carbons (Fsp3) is 0.462. The molecule has 0 aliphatic carbocycles. The number of nitrogens with one attached hydrogen (secondary N) is 1. The summed E-state index contributed by atoms with van der Waals surface area (Å²) in [6.45, 7) is 1.50. The highest BCUT2D eigenvalue weighted by atomic mass is 35.5. The van der Waals surface area contributed by atoms with Gasteiger partial charge in [-0.3, -0.25) is 0 Å². The van der Waals surface area contributed by atoms with Crippen LogP contribution >= 0.6 is 11.6 Å². The van der Waals surface area contributed by atoms with Crippen LogP contribution in [0.1, 0.15) is 5.56 Å². The Morgan fingerprint density at radius 2 is 2.26 bits per heavy atom. The van der Waals surface area contributed by atoms with E-state index < -0.39 is 6.10 Å². The van der Waals surface area contributed by atoms with E-state index in [-0.39, 0.29) is 6.61 Å². The Morgan fingerprint density at radius 3 is 2.89 bits per heavy atom. The van der Waals surface area contributed by atoms with E-state index in [9.17, 15) is 5.11 Å². The molecular weight excluding hydrogens is 268 g/mol. The molecule has 0 spiro atoms. The van der Waals surface area contributed by atoms with Crippen LogP contribution in [0.4, 0.5) is 5.69 Å². The Labute approximate surface area is 117 Å². The average molecular weight is 285 g/mol. The number of benzene rings is 1. The lowest BCUT2D eigenvalue weighted by atomic mass is 10.2. The molecule has 1 aromatic rings. The normalized spacial score (nSPS) is 11.9. The minimum Gasteiger partial charge on any atom is -0.389 e. The van der Waals surface area contributed by atoms with E-state index in [0.29, 0.717) is 36.0 Å². The molecule has 0 aromatic heterocycles. The van der Waals surface area contributed by atoms with Gasteiger partial charge in [0, 0.05) is 13.7 Å². The van der Waals surface area contributed by atoms with Crippen LogP contribution in [0, 0.1) is 11.3 Å². The first kappa shape index (κ1) is 15.7. The van der Waals surface area contributed by atoms with Gasteiger partial charge in [-0.25, -0.2) is 0 Å². The summed E-state index contributed by atoms with van der Waals surface area (Å²) in [5.41, 5.74) is 1.18. The molecule has 0 aliphatic rings. The maximum atomic E-state index is 9.68. The maximum Gasteiger partial charge on any atom is 0.0992 e. The van der Waals surface area contributed by atoms with Crippen molar-refractivity contribution >= 4 is 17.3 Å². The molecule has 1 rings (SSSR count). The maximum absolute atomic E-state index is 9.68. The number of nitriles is 1. The summed E-state index contributed by atoms with van der Waals surface area (Å²) in [6, 6.07) is 6.95. The molecule has 1 atom stereocenters. The van der Waals surface area contributed by atoms with Gasteiger partial charge in [0.2, 0.25) is 0 Å². The predicted molar refractivity (Wildman–Crippen MR) is 73.4 cm³/mol. The quantitative estimate of drug-likeness (QED) is 0.710. The highest BCUT2D eigenvalue weighted by Gasteiger charge is 2.06. The second-order valence-electron chi connectivity index (χ2n) is 3.91. The van der Waals surface area contributed by atoms with Gasteiger partial charge >= 0.3 is 0 Å². The van der Waals surface area contributed by atoms with Crippen LogP contribution in [0.3, 0.4) is 0 Å². The van der Waals surface area contributed by atoms with E-state index in [1.807, 2.05) is 6.07 Å². The molecule has 0 fully saturated rings. The molecule has 0 saturated heterocycles. The van der Waals surface area contributed by atoms with Crippen molar-refractivity contribution < 1.29 is 14.6 Å². The molecule has 0 aliphatic heterocycles. The minimum absolute atomic E-state index is 0.226. The SMILES string of the molecule is COCCOCC(O)CNc1ccc(C#N)cc1Cl. The zero-order valence-corrected chi connectivity index (χ0v) is 11.5. The smallest absolute Gasteiger partial charge is 0.0992 e. The fourth-order valence-electron chi connectivity index (χ4n) is 1.38. The number of hydrogen-bond donors (Lipinski definition) is 2. The second-order valence-corrected chi connectivity index (χ2v) is 4.32. The van der Waals surface area contributed by atoms with E-state index >= 15 is 0 Å². The van der Waals surface area contributed by atoms with Crippen LogP contribution in [0.2, 0.25) is 5.02 Å². The Bertz CT molecular complexity index is 434. The molecule has 1 unspecified atom stereocenters. The fourth-order valence-corrected chi connectivity index (χ4v) is 1.62. The number of methoxy groups -OCH3 is 1. The van der Waals surface area contributed by atoms with Gasteiger partial charge in [0.1, 0.15) is 0 Å². The van der Waals surface area contributed by atoms with Crippen LogP contribution < -0.4 is 5.32 Å². The van der Waals surface area contributed by atoms with Crippen LogP contribution in [0.15, 0.2) is 18.2 Å². The Morgan fingerprint density at radius 1 is 1.47 bits per heavy atom. The van der Waals surface area contributed by atoms with Crippen molar-refractivity contribution in [2.75, 3.05) is 38.8 Å². The van der Waals surface area contributed by atoms with E-state index in [4.69, 9.17) is 26.3 Å². The van der Waals surface area contributed by atoms with Gasteiger partial charge in [0.15, 0.2) is 0 Å². The number of ether oxygens (including phenoxy) is 2. The largest absolute Gasteiger partial charge is 0.389 e. The third-order valence-corrected chi connectivity index (χ3v) is 2.68. The lowest BCUT2D eigenvalue weighted by Gasteiger charge is -2.14. The molecule has 0 saturated carbocycles. The molecule has 6 heteroatoms. The van der Waals surface area contributed by atoms with Crippen molar-refractivity contribution in [1.82, 2.24) is 0 Å². The van der Waals surface area contributed by atoms with E-state index in [0.717, 1.165) is 0 Å². The van der Waals surface area contributed by atoms with Gasteiger partial charge in [0.25, 0.3) is 0 Å². The molecule has 0 bridgehead atoms. The van der Waals surface area contributed by atoms with Gasteiger partial charge in [0.05, 0.1) is 48.3 Å². The van der Waals surface area contributed by atoms with Gasteiger partial charge in [-0.2, -0.15) is 5.26 Å². The number of hydrogen-bond acceptors (Lipinski definition) is 5. The molecule has 1 aromatic carbocycles. The molecule has 104 valence electrons. The molecule has 2 N–H and O–H groups in total. The van der Waals surface area contributed by atoms with Gasteiger partial charge in [-0.15, -0.1) is 0 Å². The summed E-state index contributed by atoms with van der Waals surface area (Å²) >= 11 is 5.99. The monoisotopic (exact) mass is 284 g/mol. The summed E-state index contributed by atoms with van der Waals surface area (Å²) in [6.07, 6.45) is -0.636. The predicted octanol–water partition coefficient (Wildman–Crippen LogP) is 1.65. The standard InChI is InChI=1S/C13H17ClN2O3/c1-18-4-5-19-9-11(17)8-16-13-3-2-10(7-15)6-12(13)14/h2-3,6,11,16-17H,4-5,8-9H2,1H3. The van der Waals surface area contributed by atoms with E-state index in [2.05, 4.69) is 5.32 Å². The molecule has 0 amide bonds. The van der Waals surface area contributed by atoms with Crippen molar-refractivity contribution in [1.29, 1.82) is 5.26 Å². The Balaban J connectivity index is 2.34. The van der Waals surface area contributed by atoms with E-state index in [1.165, 1.54) is 0 Å². The van der Waals surface area contributed by atoms with Gasteiger partial charge in [-0.05, 0) is 18.2 Å². The second kappa shape index (κ2) is 8.73. The first-order valence-corrected chi connectivity index (χ1v) is 6.23. The van der Waals surface area contributed by atoms with Crippen LogP contribution in [0.25, 0.3) is 0 Å². The zero-order valence-electron chi connectivity index (χ0n) is 10.7. The number of nitrogens with zero attached hydrogens (tertiary/aromatic N) is 1. The highest BCUT2D eigenvalue weighted by molar-refractivity contribution is 6.33. The topological polar surface area (TPSA) is 74.5 Å². The van der Waals surface area contributed by atoms with Crippen molar-refractivity contribution in [2.45, 2.75) is 6.10 Å². The lowest BCUT2D eigenvalue weighted by Crippen LogP contribution is -2.25. The Kier molecular flexibility index (Phi) is 7.23. The van der Waals surface area contributed by atoms with Crippen LogP contribution in [0.5, 0.6) is 0 Å². The summed E-state index contributed by atoms with van der Waals surface area (Å²) in [5.74, 6) is 0. The number of halogens is 1. The summed E-state index contributed by atoms with van der Waals surface area (Å²) in [7, 11) is 1.59. The molecule has 0 heterocycles. The van der Waals surface area contributed by atoms with Crippen molar-refractivity contribution in [3.8, 4) is 6.07 Å². The first-order valence-electron chi connectivity index (χ1n) is 5.85. The van der Waals surface area contributed by atoms with Crippen LogP contribution in [-0.2, 0) is 9.47 Å². The van der Waals surface area contributed by atoms with Gasteiger partial charge < -0.3 is 19.9 Å². The molecular formula is C13H17ClN2O3. The third-order valence-electron chi connectivity index (χ3n) is 2.37. The molecule has 0 radical (unpaired) electrons. The van der Waals surface area contributed by atoms with E-state index in [1.54, 1.807) is 25.3 Å². The van der Waals surface area contributed by atoms with Crippen molar-refractivity contribution in [3.63, 3.8) is 0 Å². The number of aliphatic hydroxyl groups is 1. The lowest BCUT2D eigenvalue weighted by molar-refractivity contribution is 0.0182. The minimum atomic E-state index is -0.636. The number of aliphatic hydroxyl groups excluding tert-OH is 1. The van der Waals surface area contributed by atoms with Crippen molar-refractivity contribution in [2.24, 2.45) is 0 Å². The summed E-state index contributed by atoms with van der Waals surface area (Å²) < 4.78 is 10.0. The number of rotatable bonds is 8. The highest BCUT2D eigenvalue weighted by Crippen LogP contribution is 2.22. The summed E-state index contributed by atoms with van der Waals surface area (Å²) in [4.78, 5) is 0. The Hall–Kier alpha value is -1.32.